The van der Waals surface area contributed by atoms with Crippen LogP contribution < -0.4 is 0 Å². The molecule has 1 aliphatic heterocycles. The molecule has 3 aromatic rings. The second-order valence-electron chi connectivity index (χ2n) is 6.00. The minimum Gasteiger partial charge on any atom is -0.297 e. The van der Waals surface area contributed by atoms with Crippen LogP contribution in [0.15, 0.2) is 60.7 Å². The molecule has 1 aromatic heterocycles. The van der Waals surface area contributed by atoms with E-state index >= 15 is 0 Å². The van der Waals surface area contributed by atoms with Gasteiger partial charge in [-0.15, -0.1) is 23.7 Å². The zero-order valence-corrected chi connectivity index (χ0v) is 15.2. The normalized spacial score (nSPS) is 14.5. The Morgan fingerprint density at radius 1 is 0.833 bits per heavy atom. The highest BCUT2D eigenvalue weighted by Crippen LogP contribution is 2.37. The third-order valence-electron chi connectivity index (χ3n) is 4.31. The van der Waals surface area contributed by atoms with Crippen molar-refractivity contribution >= 4 is 23.7 Å². The average Bonchev–Trinajstić information content (AvgIpc) is 3.27. The minimum atomic E-state index is 0. The number of halogens is 1. The Labute approximate surface area is 153 Å². The number of likely N-dealkylation sites (tertiary alicyclic amines) is 1. The lowest BCUT2D eigenvalue weighted by atomic mass is 10.1. The molecule has 0 radical (unpaired) electrons. The van der Waals surface area contributed by atoms with Gasteiger partial charge < -0.3 is 0 Å². The van der Waals surface area contributed by atoms with Crippen LogP contribution in [0.2, 0.25) is 0 Å². The van der Waals surface area contributed by atoms with Gasteiger partial charge in [0.25, 0.3) is 0 Å². The molecule has 24 heavy (non-hydrogen) atoms. The fourth-order valence-electron chi connectivity index (χ4n) is 3.14. The summed E-state index contributed by atoms with van der Waals surface area (Å²) in [7, 11) is 0. The van der Waals surface area contributed by atoms with Gasteiger partial charge in [-0.25, -0.2) is 4.98 Å². The summed E-state index contributed by atoms with van der Waals surface area (Å²) < 4.78 is 0. The lowest BCUT2D eigenvalue weighted by Crippen LogP contribution is -2.18. The molecule has 4 heteroatoms. The maximum atomic E-state index is 5.00. The fraction of sp³-hybridized carbons (Fsp3) is 0.250. The van der Waals surface area contributed by atoms with Crippen LogP contribution in [0.3, 0.4) is 0 Å². The molecule has 124 valence electrons. The first-order valence-corrected chi connectivity index (χ1v) is 9.05. The molecule has 1 saturated heterocycles. The smallest absolute Gasteiger partial charge is 0.108 e. The van der Waals surface area contributed by atoms with Gasteiger partial charge in [-0.3, -0.25) is 4.90 Å². The van der Waals surface area contributed by atoms with E-state index in [0.717, 1.165) is 12.2 Å². The molecule has 0 saturated carbocycles. The van der Waals surface area contributed by atoms with Crippen molar-refractivity contribution in [3.8, 4) is 21.7 Å². The maximum Gasteiger partial charge on any atom is 0.108 e. The van der Waals surface area contributed by atoms with Crippen molar-refractivity contribution < 1.29 is 0 Å². The van der Waals surface area contributed by atoms with Gasteiger partial charge in [0.05, 0.1) is 17.1 Å². The summed E-state index contributed by atoms with van der Waals surface area (Å²) in [6.07, 6.45) is 2.64. The lowest BCUT2D eigenvalue weighted by molar-refractivity contribution is 0.331. The standard InChI is InChI=1S/C20H20N2S.ClH/c1-3-9-16(10-4-1)19-20(17-11-5-2-6-12-17)23-18(21-19)15-22-13-7-8-14-22;/h1-6,9-12H,7-8,13-15H2;1H. The molecule has 0 atom stereocenters. The van der Waals surface area contributed by atoms with Gasteiger partial charge in [0, 0.05) is 5.56 Å². The summed E-state index contributed by atoms with van der Waals surface area (Å²) in [5.74, 6) is 0. The third-order valence-corrected chi connectivity index (χ3v) is 5.40. The van der Waals surface area contributed by atoms with Crippen LogP contribution >= 0.6 is 23.7 Å². The first-order valence-electron chi connectivity index (χ1n) is 8.23. The molecule has 0 unspecified atom stereocenters. The van der Waals surface area contributed by atoms with E-state index in [9.17, 15) is 0 Å². The number of hydrogen-bond acceptors (Lipinski definition) is 3. The van der Waals surface area contributed by atoms with Crippen LogP contribution in [0.5, 0.6) is 0 Å². The number of rotatable bonds is 4. The Morgan fingerprint density at radius 3 is 2.04 bits per heavy atom. The predicted molar refractivity (Wildman–Crippen MR) is 105 cm³/mol. The Hall–Kier alpha value is -1.68. The summed E-state index contributed by atoms with van der Waals surface area (Å²) >= 11 is 1.84. The number of hydrogen-bond donors (Lipinski definition) is 0. The number of aromatic nitrogens is 1. The van der Waals surface area contributed by atoms with E-state index in [0.29, 0.717) is 0 Å². The Balaban J connectivity index is 0.00000169. The summed E-state index contributed by atoms with van der Waals surface area (Å²) in [6, 6.07) is 21.2. The molecule has 0 aliphatic carbocycles. The average molecular weight is 357 g/mol. The largest absolute Gasteiger partial charge is 0.297 e. The molecule has 2 aromatic carbocycles. The van der Waals surface area contributed by atoms with Crippen molar-refractivity contribution in [2.75, 3.05) is 13.1 Å². The molecule has 1 fully saturated rings. The van der Waals surface area contributed by atoms with Crippen molar-refractivity contribution in [1.29, 1.82) is 0 Å². The van der Waals surface area contributed by atoms with Crippen LogP contribution in [0.1, 0.15) is 17.8 Å². The summed E-state index contributed by atoms with van der Waals surface area (Å²) in [4.78, 5) is 8.80. The van der Waals surface area contributed by atoms with Crippen molar-refractivity contribution in [1.82, 2.24) is 9.88 Å². The first-order chi connectivity index (χ1) is 11.4. The van der Waals surface area contributed by atoms with Gasteiger partial charge >= 0.3 is 0 Å². The van der Waals surface area contributed by atoms with E-state index in [1.54, 1.807) is 0 Å². The topological polar surface area (TPSA) is 16.1 Å². The molecule has 0 spiro atoms. The van der Waals surface area contributed by atoms with Crippen LogP contribution in [-0.4, -0.2) is 23.0 Å². The second kappa shape index (κ2) is 7.93. The molecular weight excluding hydrogens is 336 g/mol. The molecule has 2 heterocycles. The maximum absolute atomic E-state index is 5.00. The third kappa shape index (κ3) is 3.69. The van der Waals surface area contributed by atoms with Gasteiger partial charge in [0.15, 0.2) is 0 Å². The summed E-state index contributed by atoms with van der Waals surface area (Å²) in [5, 5.41) is 1.23. The monoisotopic (exact) mass is 356 g/mol. The van der Waals surface area contributed by atoms with Crippen LogP contribution in [0, 0.1) is 0 Å². The van der Waals surface area contributed by atoms with Gasteiger partial charge in [-0.2, -0.15) is 0 Å². The Kier molecular flexibility index (Phi) is 5.67. The Morgan fingerprint density at radius 2 is 1.42 bits per heavy atom. The van der Waals surface area contributed by atoms with E-state index in [1.807, 2.05) is 11.3 Å². The van der Waals surface area contributed by atoms with E-state index in [1.165, 1.54) is 46.9 Å². The molecule has 2 nitrogen and oxygen atoms in total. The van der Waals surface area contributed by atoms with Crippen molar-refractivity contribution in [3.63, 3.8) is 0 Å². The van der Waals surface area contributed by atoms with Crippen molar-refractivity contribution in [2.45, 2.75) is 19.4 Å². The molecule has 1 aliphatic rings. The van der Waals surface area contributed by atoms with Gasteiger partial charge in [-0.05, 0) is 31.5 Å². The van der Waals surface area contributed by atoms with Crippen molar-refractivity contribution in [2.24, 2.45) is 0 Å². The highest BCUT2D eigenvalue weighted by Gasteiger charge is 2.18. The van der Waals surface area contributed by atoms with E-state index in [2.05, 4.69) is 65.6 Å². The SMILES string of the molecule is Cl.c1ccc(-c2nc(CN3CCCC3)sc2-c2ccccc2)cc1. The second-order valence-corrected chi connectivity index (χ2v) is 7.08. The zero-order chi connectivity index (χ0) is 15.5. The van der Waals surface area contributed by atoms with Crippen LogP contribution in [0.25, 0.3) is 21.7 Å². The molecular formula is C20H21ClN2S. The predicted octanol–water partition coefficient (Wildman–Crippen LogP) is 5.49. The summed E-state index contributed by atoms with van der Waals surface area (Å²) in [6.45, 7) is 3.40. The van der Waals surface area contributed by atoms with Crippen LogP contribution in [-0.2, 0) is 6.54 Å². The van der Waals surface area contributed by atoms with E-state index < -0.39 is 0 Å². The molecule has 4 rings (SSSR count). The first kappa shape index (κ1) is 17.2. The molecule has 0 N–H and O–H groups in total. The fourth-order valence-corrected chi connectivity index (χ4v) is 4.27. The molecule has 0 amide bonds. The van der Waals surface area contributed by atoms with E-state index in [-0.39, 0.29) is 12.4 Å². The van der Waals surface area contributed by atoms with Gasteiger partial charge in [0.2, 0.25) is 0 Å². The van der Waals surface area contributed by atoms with E-state index in [4.69, 9.17) is 4.98 Å². The van der Waals surface area contributed by atoms with Gasteiger partial charge in [-0.1, -0.05) is 60.7 Å². The van der Waals surface area contributed by atoms with Gasteiger partial charge in [0.1, 0.15) is 5.01 Å². The zero-order valence-electron chi connectivity index (χ0n) is 13.5. The number of benzene rings is 2. The van der Waals surface area contributed by atoms with Crippen molar-refractivity contribution in [3.05, 3.63) is 65.7 Å². The molecule has 0 bridgehead atoms. The quantitative estimate of drug-likeness (QED) is 0.614. The lowest BCUT2D eigenvalue weighted by Gasteiger charge is -2.11. The van der Waals surface area contributed by atoms with Crippen LogP contribution in [0.4, 0.5) is 0 Å². The highest BCUT2D eigenvalue weighted by molar-refractivity contribution is 7.15. The minimum absolute atomic E-state index is 0. The highest BCUT2D eigenvalue weighted by atomic mass is 35.5. The number of thiazole rings is 1. The Bertz CT molecular complexity index is 708. The summed E-state index contributed by atoms with van der Waals surface area (Å²) in [5.41, 5.74) is 3.59. The number of nitrogens with zero attached hydrogens (tertiary/aromatic N) is 2.